The molecule has 0 bridgehead atoms. The molecule has 2 unspecified atom stereocenters. The van der Waals surface area contributed by atoms with Crippen LogP contribution in [-0.2, 0) is 22.5 Å². The topological polar surface area (TPSA) is 56.1 Å². The zero-order chi connectivity index (χ0) is 13.8. The fourth-order valence-corrected chi connectivity index (χ4v) is 3.11. The number of nitrogens with zero attached hydrogens (tertiary/aromatic N) is 2. The summed E-state index contributed by atoms with van der Waals surface area (Å²) in [4.78, 5) is 16.3. The molecule has 0 spiro atoms. The van der Waals surface area contributed by atoms with Crippen LogP contribution in [0.15, 0.2) is 12.4 Å². The summed E-state index contributed by atoms with van der Waals surface area (Å²) in [6, 6.07) is 0.247. The average molecular weight is 277 g/mol. The fraction of sp³-hybridized carbons (Fsp3) is 0.733. The van der Waals surface area contributed by atoms with Crippen LogP contribution in [0.2, 0.25) is 0 Å². The Balaban J connectivity index is 1.41. The standard InChI is InChI=1S/C15H23N3O2/c19-15(7-5-13-3-1-2-10-20-13)17-12-4-6-14-16-8-9-18(14)11-12/h8-9,12-13H,1-7,10-11H2,(H,17,19). The van der Waals surface area contributed by atoms with Gasteiger partial charge in [-0.05, 0) is 32.1 Å². The monoisotopic (exact) mass is 277 g/mol. The largest absolute Gasteiger partial charge is 0.378 e. The first-order valence-electron chi connectivity index (χ1n) is 7.72. The second kappa shape index (κ2) is 6.39. The maximum absolute atomic E-state index is 12.0. The number of fused-ring (bicyclic) bond motifs is 1. The van der Waals surface area contributed by atoms with E-state index in [1.807, 2.05) is 12.4 Å². The van der Waals surface area contributed by atoms with Crippen LogP contribution in [0.4, 0.5) is 0 Å². The quantitative estimate of drug-likeness (QED) is 0.910. The van der Waals surface area contributed by atoms with E-state index < -0.39 is 0 Å². The Kier molecular flexibility index (Phi) is 4.35. The molecule has 2 aliphatic heterocycles. The van der Waals surface area contributed by atoms with E-state index in [0.29, 0.717) is 12.5 Å². The number of aryl methyl sites for hydroxylation is 1. The molecule has 1 saturated heterocycles. The molecule has 1 aromatic rings. The summed E-state index contributed by atoms with van der Waals surface area (Å²) in [6.07, 6.45) is 11.0. The van der Waals surface area contributed by atoms with Crippen molar-refractivity contribution < 1.29 is 9.53 Å². The molecule has 0 aliphatic carbocycles. The number of hydrogen-bond donors (Lipinski definition) is 1. The number of ether oxygens (including phenoxy) is 1. The molecule has 1 amide bonds. The van der Waals surface area contributed by atoms with Crippen LogP contribution >= 0.6 is 0 Å². The Morgan fingerprint density at radius 1 is 1.45 bits per heavy atom. The fourth-order valence-electron chi connectivity index (χ4n) is 3.11. The highest BCUT2D eigenvalue weighted by atomic mass is 16.5. The van der Waals surface area contributed by atoms with Gasteiger partial charge in [-0.2, -0.15) is 0 Å². The second-order valence-electron chi connectivity index (χ2n) is 5.83. The second-order valence-corrected chi connectivity index (χ2v) is 5.83. The third-order valence-corrected chi connectivity index (χ3v) is 4.27. The van der Waals surface area contributed by atoms with E-state index >= 15 is 0 Å². The van der Waals surface area contributed by atoms with Crippen LogP contribution in [0.1, 0.15) is 44.3 Å². The molecule has 1 aromatic heterocycles. The average Bonchev–Trinajstić information content (AvgIpc) is 2.94. The van der Waals surface area contributed by atoms with Crippen LogP contribution in [0.25, 0.3) is 0 Å². The van der Waals surface area contributed by atoms with Crippen LogP contribution in [-0.4, -0.2) is 34.2 Å². The molecule has 20 heavy (non-hydrogen) atoms. The molecule has 3 rings (SSSR count). The van der Waals surface area contributed by atoms with Gasteiger partial charge in [0.1, 0.15) is 5.82 Å². The minimum atomic E-state index is 0.160. The minimum absolute atomic E-state index is 0.160. The summed E-state index contributed by atoms with van der Waals surface area (Å²) in [5, 5.41) is 3.15. The van der Waals surface area contributed by atoms with Crippen molar-refractivity contribution in [1.29, 1.82) is 0 Å². The van der Waals surface area contributed by atoms with Crippen molar-refractivity contribution in [2.75, 3.05) is 6.61 Å². The zero-order valence-corrected chi connectivity index (χ0v) is 11.9. The minimum Gasteiger partial charge on any atom is -0.378 e. The predicted octanol–water partition coefficient (Wildman–Crippen LogP) is 1.66. The van der Waals surface area contributed by atoms with Crippen molar-refractivity contribution in [3.63, 3.8) is 0 Å². The Bertz CT molecular complexity index is 452. The van der Waals surface area contributed by atoms with Gasteiger partial charge >= 0.3 is 0 Å². The van der Waals surface area contributed by atoms with E-state index in [0.717, 1.165) is 51.1 Å². The number of nitrogens with one attached hydrogen (secondary N) is 1. The SMILES string of the molecule is O=C(CCC1CCCCO1)NC1CCc2nccn2C1. The van der Waals surface area contributed by atoms with E-state index in [9.17, 15) is 4.79 Å². The van der Waals surface area contributed by atoms with Gasteiger partial charge in [0.2, 0.25) is 5.91 Å². The van der Waals surface area contributed by atoms with Gasteiger partial charge in [0, 0.05) is 44.4 Å². The third-order valence-electron chi connectivity index (χ3n) is 4.27. The summed E-state index contributed by atoms with van der Waals surface area (Å²) in [7, 11) is 0. The van der Waals surface area contributed by atoms with Gasteiger partial charge in [0.05, 0.1) is 6.10 Å². The molecule has 0 radical (unpaired) electrons. The first-order valence-corrected chi connectivity index (χ1v) is 7.72. The van der Waals surface area contributed by atoms with Crippen LogP contribution in [0.3, 0.4) is 0 Å². The molecule has 0 saturated carbocycles. The number of hydrogen-bond acceptors (Lipinski definition) is 3. The maximum Gasteiger partial charge on any atom is 0.220 e. The first kappa shape index (κ1) is 13.6. The lowest BCUT2D eigenvalue weighted by Crippen LogP contribution is -2.41. The van der Waals surface area contributed by atoms with Gasteiger partial charge in [-0.1, -0.05) is 0 Å². The lowest BCUT2D eigenvalue weighted by atomic mass is 10.0. The van der Waals surface area contributed by atoms with Crippen molar-refractivity contribution in [1.82, 2.24) is 14.9 Å². The Morgan fingerprint density at radius 3 is 3.25 bits per heavy atom. The number of imidazole rings is 1. The molecule has 110 valence electrons. The number of aromatic nitrogens is 2. The number of carbonyl (C=O) groups excluding carboxylic acids is 1. The number of rotatable bonds is 4. The van der Waals surface area contributed by atoms with Gasteiger partial charge < -0.3 is 14.6 Å². The van der Waals surface area contributed by atoms with E-state index in [-0.39, 0.29) is 11.9 Å². The highest BCUT2D eigenvalue weighted by Gasteiger charge is 2.21. The van der Waals surface area contributed by atoms with E-state index in [1.165, 1.54) is 6.42 Å². The lowest BCUT2D eigenvalue weighted by Gasteiger charge is -2.26. The molecule has 2 atom stereocenters. The molecule has 1 fully saturated rings. The van der Waals surface area contributed by atoms with Crippen LogP contribution in [0.5, 0.6) is 0 Å². The van der Waals surface area contributed by atoms with Gasteiger partial charge in [0.15, 0.2) is 0 Å². The summed E-state index contributed by atoms with van der Waals surface area (Å²) < 4.78 is 7.80. The van der Waals surface area contributed by atoms with Crippen molar-refractivity contribution in [2.45, 2.75) is 63.6 Å². The Labute approximate surface area is 119 Å². The molecular weight excluding hydrogens is 254 g/mol. The van der Waals surface area contributed by atoms with Crippen LogP contribution in [0, 0.1) is 0 Å². The van der Waals surface area contributed by atoms with E-state index in [1.54, 1.807) is 0 Å². The highest BCUT2D eigenvalue weighted by Crippen LogP contribution is 2.17. The van der Waals surface area contributed by atoms with Crippen molar-refractivity contribution in [3.8, 4) is 0 Å². The van der Waals surface area contributed by atoms with Gasteiger partial charge in [-0.25, -0.2) is 4.98 Å². The van der Waals surface area contributed by atoms with Crippen molar-refractivity contribution in [2.24, 2.45) is 0 Å². The predicted molar refractivity (Wildman–Crippen MR) is 75.3 cm³/mol. The summed E-state index contributed by atoms with van der Waals surface area (Å²) >= 11 is 0. The normalized spacial score (nSPS) is 26.0. The maximum atomic E-state index is 12.0. The van der Waals surface area contributed by atoms with Gasteiger partial charge in [-0.3, -0.25) is 4.79 Å². The van der Waals surface area contributed by atoms with E-state index in [4.69, 9.17) is 4.74 Å². The first-order chi connectivity index (χ1) is 9.81. The molecule has 5 heteroatoms. The third kappa shape index (κ3) is 3.39. The number of carbonyl (C=O) groups is 1. The van der Waals surface area contributed by atoms with E-state index in [2.05, 4.69) is 14.9 Å². The van der Waals surface area contributed by atoms with Gasteiger partial charge in [0.25, 0.3) is 0 Å². The van der Waals surface area contributed by atoms with Crippen LogP contribution < -0.4 is 5.32 Å². The molecule has 2 aliphatic rings. The lowest BCUT2D eigenvalue weighted by molar-refractivity contribution is -0.123. The number of amides is 1. The molecular formula is C15H23N3O2. The molecule has 5 nitrogen and oxygen atoms in total. The Morgan fingerprint density at radius 2 is 2.40 bits per heavy atom. The highest BCUT2D eigenvalue weighted by molar-refractivity contribution is 5.76. The molecule has 1 N–H and O–H groups in total. The summed E-state index contributed by atoms with van der Waals surface area (Å²) in [6.45, 7) is 1.71. The Hall–Kier alpha value is -1.36. The van der Waals surface area contributed by atoms with Crippen molar-refractivity contribution in [3.05, 3.63) is 18.2 Å². The van der Waals surface area contributed by atoms with Gasteiger partial charge in [-0.15, -0.1) is 0 Å². The smallest absolute Gasteiger partial charge is 0.220 e. The molecule has 3 heterocycles. The summed E-state index contributed by atoms with van der Waals surface area (Å²) in [5.74, 6) is 1.29. The van der Waals surface area contributed by atoms with Crippen molar-refractivity contribution >= 4 is 5.91 Å². The summed E-state index contributed by atoms with van der Waals surface area (Å²) in [5.41, 5.74) is 0. The molecule has 0 aromatic carbocycles. The zero-order valence-electron chi connectivity index (χ0n) is 11.9.